The fourth-order valence-corrected chi connectivity index (χ4v) is 4.57. The van der Waals surface area contributed by atoms with Crippen LogP contribution in [0.3, 0.4) is 0 Å². The highest BCUT2D eigenvalue weighted by Crippen LogP contribution is 2.31. The maximum Gasteiger partial charge on any atom is 0.317 e. The molecule has 8 heteroatoms. The number of piperazine rings is 1. The first-order valence-electron chi connectivity index (χ1n) is 11.3. The van der Waals surface area contributed by atoms with Gasteiger partial charge in [-0.15, -0.1) is 0 Å². The van der Waals surface area contributed by atoms with Gasteiger partial charge in [0.05, 0.1) is 18.3 Å². The number of rotatable bonds is 4. The van der Waals surface area contributed by atoms with Crippen LogP contribution in [0.5, 0.6) is 0 Å². The number of amides is 2. The normalized spacial score (nSPS) is 20.1. The summed E-state index contributed by atoms with van der Waals surface area (Å²) in [6.07, 6.45) is 4.66. The van der Waals surface area contributed by atoms with Crippen molar-refractivity contribution in [2.24, 2.45) is 0 Å². The molecule has 1 aliphatic carbocycles. The van der Waals surface area contributed by atoms with Crippen molar-refractivity contribution in [3.05, 3.63) is 59.4 Å². The van der Waals surface area contributed by atoms with Crippen LogP contribution in [0.25, 0.3) is 11.4 Å². The summed E-state index contributed by atoms with van der Waals surface area (Å²) in [6, 6.07) is 10.1. The van der Waals surface area contributed by atoms with Gasteiger partial charge in [-0.1, -0.05) is 35.0 Å². The van der Waals surface area contributed by atoms with E-state index in [1.54, 1.807) is 6.26 Å². The molecule has 2 amide bonds. The molecule has 8 nitrogen and oxygen atoms in total. The molecule has 0 spiro atoms. The highest BCUT2D eigenvalue weighted by molar-refractivity contribution is 5.75. The lowest BCUT2D eigenvalue weighted by atomic mass is 9.93. The van der Waals surface area contributed by atoms with E-state index in [9.17, 15) is 4.79 Å². The van der Waals surface area contributed by atoms with Crippen molar-refractivity contribution >= 4 is 6.03 Å². The first-order chi connectivity index (χ1) is 15.6. The third kappa shape index (κ3) is 4.14. The largest absolute Gasteiger partial charge is 0.469 e. The third-order valence-corrected chi connectivity index (χ3v) is 6.61. The summed E-state index contributed by atoms with van der Waals surface area (Å²) < 4.78 is 11.1. The van der Waals surface area contributed by atoms with Crippen LogP contribution in [-0.4, -0.2) is 52.2 Å². The molecule has 5 rings (SSSR count). The number of aromatic nitrogens is 2. The molecule has 3 heterocycles. The molecule has 168 valence electrons. The molecule has 32 heavy (non-hydrogen) atoms. The Morgan fingerprint density at radius 3 is 2.72 bits per heavy atom. The second-order valence-corrected chi connectivity index (χ2v) is 8.71. The quantitative estimate of drug-likeness (QED) is 0.664. The third-order valence-electron chi connectivity index (χ3n) is 6.61. The molecule has 0 bridgehead atoms. The van der Waals surface area contributed by atoms with E-state index in [1.165, 1.54) is 5.56 Å². The highest BCUT2D eigenvalue weighted by atomic mass is 16.5. The van der Waals surface area contributed by atoms with Crippen LogP contribution in [-0.2, 0) is 6.42 Å². The molecule has 1 aliphatic heterocycles. The summed E-state index contributed by atoms with van der Waals surface area (Å²) in [5, 5.41) is 7.36. The molecule has 2 atom stereocenters. The molecule has 3 aromatic rings. The Bertz CT molecular complexity index is 1070. The summed E-state index contributed by atoms with van der Waals surface area (Å²) in [4.78, 5) is 21.6. The van der Waals surface area contributed by atoms with E-state index in [-0.39, 0.29) is 18.1 Å². The van der Waals surface area contributed by atoms with Crippen molar-refractivity contribution < 1.29 is 13.7 Å². The van der Waals surface area contributed by atoms with Gasteiger partial charge in [0.25, 0.3) is 0 Å². The molecule has 1 aromatic carbocycles. The molecule has 0 unspecified atom stereocenters. The molecule has 1 saturated heterocycles. The zero-order valence-electron chi connectivity index (χ0n) is 18.6. The average molecular weight is 436 g/mol. The van der Waals surface area contributed by atoms with E-state index in [0.717, 1.165) is 49.2 Å². The van der Waals surface area contributed by atoms with Crippen LogP contribution in [0.1, 0.15) is 54.6 Å². The van der Waals surface area contributed by atoms with Gasteiger partial charge in [0, 0.05) is 43.7 Å². The minimum atomic E-state index is -0.00389. The van der Waals surface area contributed by atoms with E-state index in [1.807, 2.05) is 35.2 Å². The summed E-state index contributed by atoms with van der Waals surface area (Å²) in [5.41, 5.74) is 3.27. The van der Waals surface area contributed by atoms with E-state index in [4.69, 9.17) is 8.94 Å². The molecule has 1 fully saturated rings. The van der Waals surface area contributed by atoms with E-state index < -0.39 is 0 Å². The van der Waals surface area contributed by atoms with Gasteiger partial charge in [-0.25, -0.2) is 4.79 Å². The number of carbonyl (C=O) groups is 1. The number of urea groups is 1. The Morgan fingerprint density at radius 1 is 1.16 bits per heavy atom. The Hall–Kier alpha value is -3.13. The van der Waals surface area contributed by atoms with Gasteiger partial charge in [0.1, 0.15) is 5.76 Å². The number of carbonyl (C=O) groups excluding carboxylic acids is 1. The monoisotopic (exact) mass is 435 g/mol. The van der Waals surface area contributed by atoms with Crippen molar-refractivity contribution in [1.29, 1.82) is 0 Å². The zero-order valence-corrected chi connectivity index (χ0v) is 18.6. The molecule has 0 radical (unpaired) electrons. The van der Waals surface area contributed by atoms with Crippen molar-refractivity contribution in [3.63, 3.8) is 0 Å². The lowest BCUT2D eigenvalue weighted by molar-refractivity contribution is 0.0987. The van der Waals surface area contributed by atoms with Gasteiger partial charge in [-0.2, -0.15) is 4.98 Å². The van der Waals surface area contributed by atoms with E-state index >= 15 is 0 Å². The van der Waals surface area contributed by atoms with Crippen LogP contribution in [0, 0.1) is 6.92 Å². The van der Waals surface area contributed by atoms with Gasteiger partial charge in [0.15, 0.2) is 0 Å². The fraction of sp³-hybridized carbons (Fsp3) is 0.458. The Morgan fingerprint density at radius 2 is 1.94 bits per heavy atom. The van der Waals surface area contributed by atoms with Crippen molar-refractivity contribution in [2.75, 3.05) is 26.2 Å². The SMILES string of the molecule is Cc1ccc(-c2noc([C@@H](C)N3CCN(C(=O)N[C@H]4CCCc5occc54)CC3)n2)cc1. The minimum absolute atomic E-state index is 0.00116. The first-order valence-corrected chi connectivity index (χ1v) is 11.3. The molecule has 0 saturated carbocycles. The lowest BCUT2D eigenvalue weighted by Crippen LogP contribution is -2.52. The van der Waals surface area contributed by atoms with E-state index in [2.05, 4.69) is 34.2 Å². The van der Waals surface area contributed by atoms with Gasteiger partial charge >= 0.3 is 6.03 Å². The highest BCUT2D eigenvalue weighted by Gasteiger charge is 2.30. The number of aryl methyl sites for hydroxylation is 2. The number of hydrogen-bond donors (Lipinski definition) is 1. The number of fused-ring (bicyclic) bond motifs is 1. The maximum absolute atomic E-state index is 12.9. The standard InChI is InChI=1S/C24H29N5O3/c1-16-6-8-18(9-7-16)22-26-23(32-27-22)17(2)28-11-13-29(14-12-28)24(30)25-20-4-3-5-21-19(20)10-15-31-21/h6-10,15,17,20H,3-5,11-14H2,1-2H3,(H,25,30)/t17-,20+/m1/s1. The Kier molecular flexibility index (Phi) is 5.70. The van der Waals surface area contributed by atoms with Crippen LogP contribution in [0.15, 0.2) is 45.5 Å². The van der Waals surface area contributed by atoms with E-state index in [0.29, 0.717) is 24.8 Å². The number of nitrogens with one attached hydrogen (secondary N) is 1. The van der Waals surface area contributed by atoms with Crippen LogP contribution in [0.2, 0.25) is 0 Å². The lowest BCUT2D eigenvalue weighted by Gasteiger charge is -2.37. The van der Waals surface area contributed by atoms with Crippen molar-refractivity contribution in [1.82, 2.24) is 25.3 Å². The predicted octanol–water partition coefficient (Wildman–Crippen LogP) is 4.10. The number of furan rings is 1. The Balaban J connectivity index is 1.16. The average Bonchev–Trinajstić information content (AvgIpc) is 3.50. The number of nitrogens with zero attached hydrogens (tertiary/aromatic N) is 4. The predicted molar refractivity (Wildman–Crippen MR) is 119 cm³/mol. The van der Waals surface area contributed by atoms with Crippen LogP contribution in [0.4, 0.5) is 4.79 Å². The number of hydrogen-bond acceptors (Lipinski definition) is 6. The van der Waals surface area contributed by atoms with Crippen molar-refractivity contribution in [2.45, 2.75) is 45.2 Å². The molecular weight excluding hydrogens is 406 g/mol. The molecule has 2 aromatic heterocycles. The zero-order chi connectivity index (χ0) is 22.1. The summed E-state index contributed by atoms with van der Waals surface area (Å²) in [7, 11) is 0. The summed E-state index contributed by atoms with van der Waals surface area (Å²) in [5.74, 6) is 2.22. The number of benzene rings is 1. The fourth-order valence-electron chi connectivity index (χ4n) is 4.57. The van der Waals surface area contributed by atoms with Crippen molar-refractivity contribution in [3.8, 4) is 11.4 Å². The van der Waals surface area contributed by atoms with Gasteiger partial charge < -0.3 is 19.2 Å². The summed E-state index contributed by atoms with van der Waals surface area (Å²) >= 11 is 0. The minimum Gasteiger partial charge on any atom is -0.469 e. The van der Waals surface area contributed by atoms with Gasteiger partial charge in [-0.05, 0) is 32.8 Å². The topological polar surface area (TPSA) is 87.6 Å². The van der Waals surface area contributed by atoms with Gasteiger partial charge in [-0.3, -0.25) is 4.90 Å². The van der Waals surface area contributed by atoms with Gasteiger partial charge in [0.2, 0.25) is 11.7 Å². The van der Waals surface area contributed by atoms with Crippen LogP contribution < -0.4 is 5.32 Å². The van der Waals surface area contributed by atoms with Crippen LogP contribution >= 0.6 is 0 Å². The molecular formula is C24H29N5O3. The first kappa shape index (κ1) is 20.8. The Labute approximate surface area is 187 Å². The molecule has 2 aliphatic rings. The second-order valence-electron chi connectivity index (χ2n) is 8.71. The maximum atomic E-state index is 12.9. The molecule has 1 N–H and O–H groups in total. The smallest absolute Gasteiger partial charge is 0.317 e. The summed E-state index contributed by atoms with van der Waals surface area (Å²) in [6.45, 7) is 6.99. The second kappa shape index (κ2) is 8.78.